The minimum Gasteiger partial charge on any atom is -0.469 e. The van der Waals surface area contributed by atoms with E-state index >= 15 is 0 Å². The summed E-state index contributed by atoms with van der Waals surface area (Å²) in [6.45, 7) is 5.41. The highest BCUT2D eigenvalue weighted by Gasteiger charge is 2.37. The van der Waals surface area contributed by atoms with Crippen molar-refractivity contribution in [1.29, 1.82) is 0 Å². The number of esters is 1. The summed E-state index contributed by atoms with van der Waals surface area (Å²) in [5.41, 5.74) is 0.759. The number of amides is 1. The summed E-state index contributed by atoms with van der Waals surface area (Å²) in [6.07, 6.45) is 7.48. The highest BCUT2D eigenvalue weighted by molar-refractivity contribution is 7.89. The molecule has 2 N–H and O–H groups in total. The molecule has 0 radical (unpaired) electrons. The number of carbonyl (C=O) groups is 2. The molecule has 0 unspecified atom stereocenters. The maximum Gasteiger partial charge on any atom is 0.308 e. The lowest BCUT2D eigenvalue weighted by Gasteiger charge is -2.33. The molecule has 2 aliphatic rings. The Balaban J connectivity index is 1.51. The van der Waals surface area contributed by atoms with Gasteiger partial charge in [0.15, 0.2) is 5.76 Å². The van der Waals surface area contributed by atoms with Gasteiger partial charge in [-0.1, -0.05) is 56.4 Å². The van der Waals surface area contributed by atoms with E-state index in [1.807, 2.05) is 18.2 Å². The van der Waals surface area contributed by atoms with Crippen LogP contribution in [0.5, 0.6) is 0 Å². The van der Waals surface area contributed by atoms with Gasteiger partial charge in [-0.05, 0) is 63.5 Å². The van der Waals surface area contributed by atoms with Crippen molar-refractivity contribution in [3.63, 3.8) is 0 Å². The first-order valence-corrected chi connectivity index (χ1v) is 15.9. The monoisotopic (exact) mass is 581 g/mol. The smallest absolute Gasteiger partial charge is 0.308 e. The second kappa shape index (κ2) is 11.6. The molecule has 0 spiro atoms. The summed E-state index contributed by atoms with van der Waals surface area (Å²) in [4.78, 5) is 29.8. The van der Waals surface area contributed by atoms with Crippen LogP contribution in [0.25, 0.3) is 22.1 Å². The molecule has 0 aliphatic heterocycles. The first kappa shape index (κ1) is 29.3. The predicted octanol–water partition coefficient (Wildman–Crippen LogP) is 5.38. The second-order valence-corrected chi connectivity index (χ2v) is 14.0. The van der Waals surface area contributed by atoms with E-state index in [4.69, 9.17) is 9.15 Å². The summed E-state index contributed by atoms with van der Waals surface area (Å²) < 4.78 is 40.4. The molecule has 2 aliphatic carbocycles. The number of hydrogen-bond donors (Lipinski definition) is 2. The molecule has 5 rings (SSSR count). The number of ether oxygens (including phenoxy) is 1. The summed E-state index contributed by atoms with van der Waals surface area (Å²) >= 11 is 0. The van der Waals surface area contributed by atoms with Gasteiger partial charge in [-0.25, -0.2) is 18.1 Å². The van der Waals surface area contributed by atoms with Crippen LogP contribution in [0, 0.1) is 11.8 Å². The van der Waals surface area contributed by atoms with Gasteiger partial charge in [0.25, 0.3) is 5.89 Å². The van der Waals surface area contributed by atoms with Crippen molar-refractivity contribution in [3.8, 4) is 11.3 Å². The molecule has 10 heteroatoms. The lowest BCUT2D eigenvalue weighted by Crippen LogP contribution is -2.47. The fraction of sp³-hybridized carbons (Fsp3) is 0.516. The minimum atomic E-state index is -3.80. The van der Waals surface area contributed by atoms with Crippen molar-refractivity contribution < 1.29 is 27.2 Å². The van der Waals surface area contributed by atoms with E-state index in [0.29, 0.717) is 53.0 Å². The highest BCUT2D eigenvalue weighted by atomic mass is 32.2. The molecule has 9 nitrogen and oxygen atoms in total. The van der Waals surface area contributed by atoms with E-state index in [9.17, 15) is 18.0 Å². The topological polar surface area (TPSA) is 128 Å². The van der Waals surface area contributed by atoms with Crippen LogP contribution in [0.2, 0.25) is 0 Å². The van der Waals surface area contributed by atoms with Crippen molar-refractivity contribution >= 4 is 32.7 Å². The molecule has 0 atom stereocenters. The van der Waals surface area contributed by atoms with Crippen LogP contribution in [-0.4, -0.2) is 44.0 Å². The largest absolute Gasteiger partial charge is 0.469 e. The zero-order valence-electron chi connectivity index (χ0n) is 24.2. The molecule has 2 saturated carbocycles. The van der Waals surface area contributed by atoms with Crippen LogP contribution in [0.3, 0.4) is 0 Å². The predicted molar refractivity (Wildman–Crippen MR) is 156 cm³/mol. The Morgan fingerprint density at radius 3 is 2.37 bits per heavy atom. The number of aromatic nitrogens is 1. The number of benzene rings is 2. The summed E-state index contributed by atoms with van der Waals surface area (Å²) in [6, 6.07) is 10.5. The number of carbonyl (C=O) groups excluding carboxylic acids is 2. The summed E-state index contributed by atoms with van der Waals surface area (Å²) in [5.74, 6) is 0.0123. The van der Waals surface area contributed by atoms with Gasteiger partial charge in [0.2, 0.25) is 10.0 Å². The Hall–Kier alpha value is -3.24. The standard InChI is InChI=1S/C31H39N3O6S/c1-31(2,3)34-41(37,38)26-15-14-24(22-12-8-9-13-23(22)26)27-25(16-19-10-6-5-7-11-19)33-29(40-27)28(35)32-21-17-20(18-21)30(36)39-4/h8-9,12-15,19-21,34H,5-7,10-11,16-18H2,1-4H3,(H,32,35). The number of oxazole rings is 1. The Kier molecular flexibility index (Phi) is 8.25. The third kappa shape index (κ3) is 6.48. The van der Waals surface area contributed by atoms with E-state index < -0.39 is 21.5 Å². The summed E-state index contributed by atoms with van der Waals surface area (Å²) in [7, 11) is -2.44. The number of nitrogens with zero attached hydrogens (tertiary/aromatic N) is 1. The van der Waals surface area contributed by atoms with Gasteiger partial charge in [0.1, 0.15) is 0 Å². The van der Waals surface area contributed by atoms with Gasteiger partial charge in [0, 0.05) is 22.5 Å². The van der Waals surface area contributed by atoms with E-state index in [-0.39, 0.29) is 28.7 Å². The molecule has 41 heavy (non-hydrogen) atoms. The Bertz CT molecular complexity index is 1540. The van der Waals surface area contributed by atoms with Crippen LogP contribution in [0.1, 0.15) is 82.1 Å². The van der Waals surface area contributed by atoms with Crippen molar-refractivity contribution in [1.82, 2.24) is 15.0 Å². The molecular weight excluding hydrogens is 542 g/mol. The molecule has 220 valence electrons. The highest BCUT2D eigenvalue weighted by Crippen LogP contribution is 2.38. The maximum absolute atomic E-state index is 13.3. The molecular formula is C31H39N3O6S. The molecule has 1 heterocycles. The molecule has 2 aromatic carbocycles. The average molecular weight is 582 g/mol. The van der Waals surface area contributed by atoms with Gasteiger partial charge in [-0.2, -0.15) is 0 Å². The van der Waals surface area contributed by atoms with Crippen LogP contribution in [0.4, 0.5) is 0 Å². The molecule has 0 saturated heterocycles. The quantitative estimate of drug-likeness (QED) is 0.342. The number of hydrogen-bond acceptors (Lipinski definition) is 7. The van der Waals surface area contributed by atoms with E-state index in [2.05, 4.69) is 15.0 Å². The number of nitrogens with one attached hydrogen (secondary N) is 2. The van der Waals surface area contributed by atoms with Gasteiger partial charge < -0.3 is 14.5 Å². The van der Waals surface area contributed by atoms with Crippen LogP contribution in [0.15, 0.2) is 45.7 Å². The molecule has 0 bridgehead atoms. The van der Waals surface area contributed by atoms with E-state index in [1.54, 1.807) is 39.0 Å². The molecule has 3 aromatic rings. The van der Waals surface area contributed by atoms with Crippen molar-refractivity contribution in [3.05, 3.63) is 48.0 Å². The van der Waals surface area contributed by atoms with Crippen LogP contribution >= 0.6 is 0 Å². The normalized spacial score (nSPS) is 20.0. The summed E-state index contributed by atoms with van der Waals surface area (Å²) in [5, 5.41) is 4.21. The van der Waals surface area contributed by atoms with Crippen LogP contribution in [-0.2, 0) is 26.0 Å². The first-order valence-electron chi connectivity index (χ1n) is 14.4. The van der Waals surface area contributed by atoms with E-state index in [1.165, 1.54) is 26.4 Å². The van der Waals surface area contributed by atoms with Gasteiger partial charge in [-0.15, -0.1) is 0 Å². The number of fused-ring (bicyclic) bond motifs is 1. The van der Waals surface area contributed by atoms with Gasteiger partial charge in [0.05, 0.1) is 23.6 Å². The number of rotatable bonds is 8. The van der Waals surface area contributed by atoms with Crippen molar-refractivity contribution in [2.45, 2.75) is 88.6 Å². The number of sulfonamides is 1. The zero-order valence-corrected chi connectivity index (χ0v) is 25.0. The lowest BCUT2D eigenvalue weighted by atomic mass is 9.80. The first-order chi connectivity index (χ1) is 19.4. The van der Waals surface area contributed by atoms with Crippen LogP contribution < -0.4 is 10.0 Å². The average Bonchev–Trinajstić information content (AvgIpc) is 3.32. The number of methoxy groups -OCH3 is 1. The second-order valence-electron chi connectivity index (χ2n) is 12.4. The maximum atomic E-state index is 13.3. The lowest BCUT2D eigenvalue weighted by molar-refractivity contribution is -0.149. The molecule has 1 aromatic heterocycles. The fourth-order valence-electron chi connectivity index (χ4n) is 5.97. The van der Waals surface area contributed by atoms with Crippen molar-refractivity contribution in [2.24, 2.45) is 11.8 Å². The Morgan fingerprint density at radius 1 is 1.02 bits per heavy atom. The third-order valence-corrected chi connectivity index (χ3v) is 9.78. The third-order valence-electron chi connectivity index (χ3n) is 7.96. The molecule has 1 amide bonds. The van der Waals surface area contributed by atoms with Gasteiger partial charge >= 0.3 is 11.9 Å². The zero-order chi connectivity index (χ0) is 29.4. The molecule has 2 fully saturated rings. The van der Waals surface area contributed by atoms with Gasteiger partial charge in [-0.3, -0.25) is 9.59 Å². The van der Waals surface area contributed by atoms with Crippen molar-refractivity contribution in [2.75, 3.05) is 7.11 Å². The Labute approximate surface area is 241 Å². The van der Waals surface area contributed by atoms with E-state index in [0.717, 1.165) is 12.8 Å². The minimum absolute atomic E-state index is 0.0255. The Morgan fingerprint density at radius 2 is 1.71 bits per heavy atom. The fourth-order valence-corrected chi connectivity index (χ4v) is 7.60. The SMILES string of the molecule is COC(=O)C1CC(NC(=O)c2nc(CC3CCCCC3)c(-c3ccc(S(=O)(=O)NC(C)(C)C)c4ccccc34)o2)C1.